The van der Waals surface area contributed by atoms with Gasteiger partial charge in [-0.25, -0.2) is 49.8 Å². The molecule has 1 fully saturated rings. The van der Waals surface area contributed by atoms with Gasteiger partial charge in [0.15, 0.2) is 5.82 Å². The summed E-state index contributed by atoms with van der Waals surface area (Å²) in [5, 5.41) is 32.0. The van der Waals surface area contributed by atoms with Crippen LogP contribution in [0.3, 0.4) is 0 Å². The maximum absolute atomic E-state index is 4.55. The van der Waals surface area contributed by atoms with E-state index in [1.165, 1.54) is 98.7 Å². The molecule has 1 saturated carbocycles. The molecule has 1 aliphatic rings. The fourth-order valence-electron chi connectivity index (χ4n) is 10.2. The van der Waals surface area contributed by atoms with E-state index in [1.807, 2.05) is 87.7 Å². The smallest absolute Gasteiger partial charge is 0.156 e. The van der Waals surface area contributed by atoms with Gasteiger partial charge < -0.3 is 0 Å². The zero-order valence-corrected chi connectivity index (χ0v) is 63.6. The van der Waals surface area contributed by atoms with Gasteiger partial charge in [0.2, 0.25) is 0 Å². The molecule has 0 bridgehead atoms. The highest BCUT2D eigenvalue weighted by Crippen LogP contribution is 2.31. The van der Waals surface area contributed by atoms with E-state index in [4.69, 9.17) is 0 Å². The van der Waals surface area contributed by atoms with E-state index in [0.29, 0.717) is 11.7 Å². The lowest BCUT2D eigenvalue weighted by molar-refractivity contribution is 0.427. The van der Waals surface area contributed by atoms with Crippen LogP contribution < -0.4 is 0 Å². The highest BCUT2D eigenvalue weighted by atomic mass is 15.2. The Bertz CT molecular complexity index is 3500. The van der Waals surface area contributed by atoms with Gasteiger partial charge >= 0.3 is 0 Å². The van der Waals surface area contributed by atoms with Crippen molar-refractivity contribution in [1.29, 1.82) is 0 Å². The molecule has 0 aliphatic heterocycles. The van der Waals surface area contributed by atoms with Crippen molar-refractivity contribution in [2.45, 2.75) is 299 Å². The Morgan fingerprint density at radius 3 is 1.47 bits per heavy atom. The molecule has 95 heavy (non-hydrogen) atoms. The fourth-order valence-corrected chi connectivity index (χ4v) is 10.2. The monoisotopic (exact) mass is 1300 g/mol. The Morgan fingerprint density at radius 1 is 0.432 bits per heavy atom. The van der Waals surface area contributed by atoms with Gasteiger partial charge in [0.05, 0.1) is 45.6 Å². The molecule has 0 spiro atoms. The van der Waals surface area contributed by atoms with Crippen LogP contribution >= 0.6 is 0 Å². The van der Waals surface area contributed by atoms with Crippen molar-refractivity contribution in [3.8, 4) is 11.3 Å². The van der Waals surface area contributed by atoms with Crippen molar-refractivity contribution < 1.29 is 0 Å². The molecule has 0 N–H and O–H groups in total. The third kappa shape index (κ3) is 30.8. The van der Waals surface area contributed by atoms with Crippen LogP contribution in [0, 0.1) is 109 Å². The molecule has 0 atom stereocenters. The summed E-state index contributed by atoms with van der Waals surface area (Å²) in [6, 6.07) is 10.6. The Kier molecular flexibility index (Phi) is 35.7. The van der Waals surface area contributed by atoms with E-state index in [-0.39, 0.29) is 10.8 Å². The van der Waals surface area contributed by atoms with E-state index in [2.05, 4.69) is 226 Å². The summed E-state index contributed by atoms with van der Waals surface area (Å²) in [6.45, 7) is 53.8. The molecule has 0 saturated heterocycles. The van der Waals surface area contributed by atoms with Gasteiger partial charge in [0, 0.05) is 52.1 Å². The number of aromatic nitrogens is 18. The minimum atomic E-state index is -0.00847. The largest absolute Gasteiger partial charge is 0.241 e. The summed E-state index contributed by atoms with van der Waals surface area (Å²) >= 11 is 0. The first-order chi connectivity index (χ1) is 44.8. The van der Waals surface area contributed by atoms with Crippen molar-refractivity contribution in [2.24, 2.45) is 11.8 Å². The predicted molar refractivity (Wildman–Crippen MR) is 389 cm³/mol. The second-order valence-corrected chi connectivity index (χ2v) is 27.9. The number of hydrogen-bond acceptors (Lipinski definition) is 18. The number of aryl methyl sites for hydroxylation is 17. The fraction of sp³-hybridized carbons (Fsp3) is 0.610. The molecule has 7 aromatic heterocycles. The zero-order valence-electron chi connectivity index (χ0n) is 63.6. The lowest BCUT2D eigenvalue weighted by atomic mass is 9.86. The van der Waals surface area contributed by atoms with Crippen molar-refractivity contribution >= 4 is 0 Å². The SMILES string of the molecule is CCC(CC)Cc1nc(C)ncc1C.CCCCc1nc(C)nnc1C.CCCc1nnc(C)nc1C.Cc1cc(C)nc(C2CCCCC2)n1.Cc1ncc(C)c(CCCC(C)C)n1.Cc1nnc(C(C)(C)C)nc1C.Cc1nnc(C)c(-c2ccc(C(C)(C)C)cc2)n1. The highest BCUT2D eigenvalue weighted by Gasteiger charge is 2.20. The Balaban J connectivity index is 0.000000290. The van der Waals surface area contributed by atoms with E-state index in [1.54, 1.807) is 0 Å². The minimum absolute atomic E-state index is 0.00847. The molecule has 1 aliphatic carbocycles. The average molecular weight is 1300 g/mol. The number of benzene rings is 1. The minimum Gasteiger partial charge on any atom is -0.241 e. The molecule has 0 unspecified atom stereocenters. The number of nitrogens with zero attached hydrogens (tertiary/aromatic N) is 18. The predicted octanol–water partition coefficient (Wildman–Crippen LogP) is 17.8. The van der Waals surface area contributed by atoms with Crippen LogP contribution in [0.5, 0.6) is 0 Å². The Hall–Kier alpha value is -7.50. The topological polar surface area (TPSA) is 232 Å². The molecule has 0 radical (unpaired) electrons. The molecule has 0 amide bonds. The van der Waals surface area contributed by atoms with Crippen LogP contribution in [0.25, 0.3) is 11.3 Å². The Labute approximate surface area is 573 Å². The van der Waals surface area contributed by atoms with Crippen LogP contribution in [0.4, 0.5) is 0 Å². The van der Waals surface area contributed by atoms with Gasteiger partial charge in [-0.1, -0.05) is 159 Å². The third-order valence-electron chi connectivity index (χ3n) is 16.3. The van der Waals surface area contributed by atoms with E-state index in [0.717, 1.165) is 141 Å². The molecule has 9 rings (SSSR count). The first-order valence-electron chi connectivity index (χ1n) is 35.0. The molecule has 18 nitrogen and oxygen atoms in total. The van der Waals surface area contributed by atoms with Gasteiger partial charge in [-0.05, 0) is 188 Å². The van der Waals surface area contributed by atoms with Crippen LogP contribution in [0.1, 0.15) is 286 Å². The first-order valence-corrected chi connectivity index (χ1v) is 35.0. The van der Waals surface area contributed by atoms with Gasteiger partial charge in [-0.15, -0.1) is 20.4 Å². The molecular weight excluding hydrogens is 1180 g/mol. The van der Waals surface area contributed by atoms with E-state index < -0.39 is 0 Å². The van der Waals surface area contributed by atoms with Crippen molar-refractivity contribution in [2.75, 3.05) is 0 Å². The molecule has 518 valence electrons. The third-order valence-corrected chi connectivity index (χ3v) is 16.3. The van der Waals surface area contributed by atoms with E-state index in [9.17, 15) is 0 Å². The normalized spacial score (nSPS) is 12.1. The van der Waals surface area contributed by atoms with Gasteiger partial charge in [-0.3, -0.25) is 0 Å². The summed E-state index contributed by atoms with van der Waals surface area (Å²) in [7, 11) is 0. The molecule has 18 heteroatoms. The van der Waals surface area contributed by atoms with Crippen LogP contribution in [-0.4, -0.2) is 90.6 Å². The first kappa shape index (κ1) is 81.7. The maximum Gasteiger partial charge on any atom is 0.156 e. The van der Waals surface area contributed by atoms with Gasteiger partial charge in [-0.2, -0.15) is 20.4 Å². The number of rotatable bonds is 15. The standard InChI is InChI=1S/C15H19N3.C12H18N2.2C12H20N2.2C9H15N3.C8H13N3/c1-10-14(16-11(2)18-17-10)12-6-8-13(9-7-12)15(3,4)5;1-9-8-10(2)14-12(13-9)11-6-4-3-5-7-11;1-9(2)6-5-7-12-10(3)8-13-11(4)14-12;1-5-11(6-2)7-12-9(3)8-13-10(4)14-12;1-6-7(2)11-12-8(10-6)9(3,4)5;1-4-5-6-9-7(2)11-12-8(3)10-9;1-4-5-8-6(2)9-7(3)10-11-8/h6-9H,1-5H3;8,11H,3-7H2,1-2H3;8-9H,5-7H2,1-4H3;8,11H,5-7H2,1-4H3;1-5H3;4-6H2,1-3H3;4-5H2,1-3H3. The number of unbranched alkanes of at least 4 members (excludes halogenated alkanes) is 1. The van der Waals surface area contributed by atoms with Gasteiger partial charge in [0.1, 0.15) is 34.9 Å². The van der Waals surface area contributed by atoms with Crippen molar-refractivity contribution in [3.05, 3.63) is 163 Å². The maximum atomic E-state index is 4.55. The average Bonchev–Trinajstić information content (AvgIpc) is 0.843. The molecular formula is C77H120N18. The summed E-state index contributed by atoms with van der Waals surface area (Å²) in [5.74, 6) is 8.08. The van der Waals surface area contributed by atoms with E-state index >= 15 is 0 Å². The second kappa shape index (κ2) is 41.5. The molecule has 7 heterocycles. The van der Waals surface area contributed by atoms with Crippen LogP contribution in [0.15, 0.2) is 42.7 Å². The lowest BCUT2D eigenvalue weighted by Gasteiger charge is -2.20. The molecule has 1 aromatic carbocycles. The quantitative estimate of drug-likeness (QED) is 0.0928. The van der Waals surface area contributed by atoms with Crippen molar-refractivity contribution in [1.82, 2.24) is 90.6 Å². The number of hydrogen-bond donors (Lipinski definition) is 0. The summed E-state index contributed by atoms with van der Waals surface area (Å²) in [4.78, 5) is 43.8. The second-order valence-electron chi connectivity index (χ2n) is 27.9. The van der Waals surface area contributed by atoms with Gasteiger partial charge in [0.25, 0.3) is 0 Å². The van der Waals surface area contributed by atoms with Crippen LogP contribution in [-0.2, 0) is 36.5 Å². The van der Waals surface area contributed by atoms with Crippen LogP contribution in [0.2, 0.25) is 0 Å². The highest BCUT2D eigenvalue weighted by molar-refractivity contribution is 5.61. The summed E-state index contributed by atoms with van der Waals surface area (Å²) in [5.41, 5.74) is 17.5. The zero-order chi connectivity index (χ0) is 71.0. The lowest BCUT2D eigenvalue weighted by Crippen LogP contribution is -2.18. The molecule has 8 aromatic rings. The Morgan fingerprint density at radius 2 is 0.947 bits per heavy atom. The van der Waals surface area contributed by atoms with Crippen molar-refractivity contribution in [3.63, 3.8) is 0 Å². The summed E-state index contributed by atoms with van der Waals surface area (Å²) in [6.07, 6.45) is 23.2. The summed E-state index contributed by atoms with van der Waals surface area (Å²) < 4.78 is 0.